The molecule has 12 heteroatoms. The van der Waals surface area contributed by atoms with Gasteiger partial charge in [-0.25, -0.2) is 8.78 Å². The normalized spacial score (nSPS) is 25.4. The number of nitrogens with zero attached hydrogens (tertiary/aromatic N) is 3. The third-order valence-electron chi connectivity index (χ3n) is 9.17. The first-order valence-electron chi connectivity index (χ1n) is 14.9. The quantitative estimate of drug-likeness (QED) is 0.444. The summed E-state index contributed by atoms with van der Waals surface area (Å²) in [7, 11) is 2.00. The van der Waals surface area contributed by atoms with E-state index in [0.29, 0.717) is 44.8 Å². The Balaban J connectivity index is 1.43. The van der Waals surface area contributed by atoms with E-state index in [-0.39, 0.29) is 29.2 Å². The van der Waals surface area contributed by atoms with Crippen LogP contribution in [0.25, 0.3) is 5.57 Å². The van der Waals surface area contributed by atoms with Crippen LogP contribution in [0.5, 0.6) is 0 Å². The van der Waals surface area contributed by atoms with Gasteiger partial charge in [-0.2, -0.15) is 13.2 Å². The van der Waals surface area contributed by atoms with Crippen LogP contribution in [0.4, 0.5) is 33.3 Å². The van der Waals surface area contributed by atoms with Crippen molar-refractivity contribution in [1.82, 2.24) is 15.1 Å². The molecule has 0 spiro atoms. The van der Waals surface area contributed by atoms with Crippen molar-refractivity contribution in [3.8, 4) is 0 Å². The minimum absolute atomic E-state index is 0.112. The maximum absolute atomic E-state index is 15.8. The molecule has 0 saturated carbocycles. The topological polar surface area (TPSA) is 67.9 Å². The molecule has 2 unspecified atom stereocenters. The lowest BCUT2D eigenvalue weighted by Crippen LogP contribution is -2.55. The van der Waals surface area contributed by atoms with Gasteiger partial charge < -0.3 is 15.5 Å². The Morgan fingerprint density at radius 2 is 1.75 bits per heavy atom. The van der Waals surface area contributed by atoms with Crippen LogP contribution in [0.2, 0.25) is 0 Å². The van der Waals surface area contributed by atoms with Crippen LogP contribution in [0.1, 0.15) is 37.8 Å². The first kappa shape index (κ1) is 31.9. The van der Waals surface area contributed by atoms with E-state index in [4.69, 9.17) is 0 Å². The van der Waals surface area contributed by atoms with Gasteiger partial charge in [-0.3, -0.25) is 19.4 Å². The zero-order valence-corrected chi connectivity index (χ0v) is 25.1. The second-order valence-corrected chi connectivity index (χ2v) is 12.2. The third-order valence-corrected chi connectivity index (χ3v) is 9.17. The molecule has 44 heavy (non-hydrogen) atoms. The second kappa shape index (κ2) is 12.8. The fourth-order valence-electron chi connectivity index (χ4n) is 6.34. The Morgan fingerprint density at radius 1 is 1.07 bits per heavy atom. The summed E-state index contributed by atoms with van der Waals surface area (Å²) in [5.74, 6) is -6.04. The van der Waals surface area contributed by atoms with Crippen molar-refractivity contribution in [1.29, 1.82) is 0 Å². The number of anilines is 2. The molecule has 5 rings (SSSR count). The molecular weight excluding hydrogens is 581 g/mol. The first-order chi connectivity index (χ1) is 20.8. The number of likely N-dealkylation sites (N-methyl/N-ethyl adjacent to an activating group) is 1. The number of amides is 2. The van der Waals surface area contributed by atoms with E-state index in [1.54, 1.807) is 12.1 Å². The summed E-state index contributed by atoms with van der Waals surface area (Å²) < 4.78 is 70.7. The highest BCUT2D eigenvalue weighted by Crippen LogP contribution is 2.39. The van der Waals surface area contributed by atoms with E-state index in [1.165, 1.54) is 24.3 Å². The smallest absolute Gasteiger partial charge is 0.367 e. The minimum atomic E-state index is -4.73. The lowest BCUT2D eigenvalue weighted by Gasteiger charge is -2.44. The zero-order chi connectivity index (χ0) is 31.8. The number of carbonyl (C=O) groups excluding carboxylic acids is 2. The molecule has 2 fully saturated rings. The van der Waals surface area contributed by atoms with Crippen LogP contribution in [-0.2, 0) is 16.1 Å². The van der Waals surface area contributed by atoms with Crippen molar-refractivity contribution in [2.24, 2.45) is 11.8 Å². The molecule has 0 aromatic heterocycles. The number of hydrogen-bond acceptors (Lipinski definition) is 5. The van der Waals surface area contributed by atoms with Gasteiger partial charge in [0.2, 0.25) is 11.8 Å². The number of hydrogen-bond donors (Lipinski definition) is 2. The van der Waals surface area contributed by atoms with E-state index >= 15 is 4.39 Å². The SMILES string of the molecule is C[C@@H]1CN(c2cc(F)c(C3=CCN(Cc4ccc(F)cc4)CC3)cc2NC(=O)C2CNC(=O)CC2C(F)(F)F)C[C@H](C)N1C. The first-order valence-corrected chi connectivity index (χ1v) is 14.9. The Bertz CT molecular complexity index is 1400. The highest BCUT2D eigenvalue weighted by Gasteiger charge is 2.50. The number of carbonyl (C=O) groups is 2. The Hall–Kier alpha value is -3.51. The molecule has 2 saturated heterocycles. The molecule has 0 bridgehead atoms. The van der Waals surface area contributed by atoms with Crippen LogP contribution in [0.15, 0.2) is 42.5 Å². The van der Waals surface area contributed by atoms with Crippen molar-refractivity contribution in [2.75, 3.05) is 50.0 Å². The van der Waals surface area contributed by atoms with Gasteiger partial charge in [0.25, 0.3) is 0 Å². The van der Waals surface area contributed by atoms with Gasteiger partial charge in [-0.15, -0.1) is 0 Å². The van der Waals surface area contributed by atoms with Gasteiger partial charge in [0.1, 0.15) is 11.6 Å². The highest BCUT2D eigenvalue weighted by atomic mass is 19.4. The molecule has 2 aromatic carbocycles. The molecule has 2 N–H and O–H groups in total. The van der Waals surface area contributed by atoms with Gasteiger partial charge in [0.05, 0.1) is 23.2 Å². The number of benzene rings is 2. The van der Waals surface area contributed by atoms with Crippen LogP contribution in [0, 0.1) is 23.5 Å². The molecule has 2 aromatic rings. The van der Waals surface area contributed by atoms with Crippen LogP contribution in [0.3, 0.4) is 0 Å². The molecular formula is C32H38F5N5O2. The van der Waals surface area contributed by atoms with Gasteiger partial charge in [-0.05, 0) is 62.7 Å². The highest BCUT2D eigenvalue weighted by molar-refractivity contribution is 5.98. The lowest BCUT2D eigenvalue weighted by atomic mass is 9.84. The summed E-state index contributed by atoms with van der Waals surface area (Å²) in [6.45, 7) is 6.46. The molecule has 3 aliphatic rings. The van der Waals surface area contributed by atoms with Gasteiger partial charge in [0, 0.05) is 63.3 Å². The third kappa shape index (κ3) is 7.07. The molecule has 0 radical (unpaired) electrons. The predicted molar refractivity (Wildman–Crippen MR) is 159 cm³/mol. The Morgan fingerprint density at radius 3 is 2.36 bits per heavy atom. The molecule has 238 valence electrons. The van der Waals surface area contributed by atoms with E-state index in [2.05, 4.69) is 20.4 Å². The number of halogens is 5. The maximum atomic E-state index is 15.8. The molecule has 7 nitrogen and oxygen atoms in total. The molecule has 0 aliphatic carbocycles. The molecule has 3 heterocycles. The maximum Gasteiger partial charge on any atom is 0.393 e. The molecule has 2 amide bonds. The van der Waals surface area contributed by atoms with Gasteiger partial charge in [-0.1, -0.05) is 18.2 Å². The number of rotatable bonds is 6. The largest absolute Gasteiger partial charge is 0.393 e. The van der Waals surface area contributed by atoms with Gasteiger partial charge in [0.15, 0.2) is 0 Å². The zero-order valence-electron chi connectivity index (χ0n) is 25.1. The van der Waals surface area contributed by atoms with E-state index in [0.717, 1.165) is 11.1 Å². The van der Waals surface area contributed by atoms with E-state index in [9.17, 15) is 27.2 Å². The average Bonchev–Trinajstić information content (AvgIpc) is 2.97. The van der Waals surface area contributed by atoms with Crippen molar-refractivity contribution < 1.29 is 31.5 Å². The number of nitrogens with one attached hydrogen (secondary N) is 2. The van der Waals surface area contributed by atoms with Crippen molar-refractivity contribution in [2.45, 2.75) is 51.5 Å². The summed E-state index contributed by atoms with van der Waals surface area (Å²) in [5.41, 5.74) is 2.62. The lowest BCUT2D eigenvalue weighted by molar-refractivity contribution is -0.197. The summed E-state index contributed by atoms with van der Waals surface area (Å²) in [4.78, 5) is 31.5. The van der Waals surface area contributed by atoms with Crippen molar-refractivity contribution in [3.63, 3.8) is 0 Å². The van der Waals surface area contributed by atoms with Gasteiger partial charge >= 0.3 is 6.18 Å². The van der Waals surface area contributed by atoms with Crippen LogP contribution < -0.4 is 15.5 Å². The fourth-order valence-corrected chi connectivity index (χ4v) is 6.34. The number of piperazine rings is 1. The summed E-state index contributed by atoms with van der Waals surface area (Å²) >= 11 is 0. The van der Waals surface area contributed by atoms with Crippen LogP contribution in [-0.4, -0.2) is 79.6 Å². The Kier molecular flexibility index (Phi) is 9.31. The summed E-state index contributed by atoms with van der Waals surface area (Å²) in [6, 6.07) is 9.39. The van der Waals surface area contributed by atoms with Crippen LogP contribution >= 0.6 is 0 Å². The number of piperidine rings is 1. The summed E-state index contributed by atoms with van der Waals surface area (Å²) in [5, 5.41) is 5.09. The average molecular weight is 620 g/mol. The van der Waals surface area contributed by atoms with Crippen molar-refractivity contribution >= 4 is 28.8 Å². The Labute approximate surface area is 254 Å². The standard InChI is InChI=1S/C32H38F5N5O2/c1-19-16-42(17-20(2)40(19)3)29-14-27(34)24(22-8-10-41(11-9-22)18-21-4-6-23(33)7-5-21)12-28(29)39-31(44)25-15-38-30(43)13-26(25)32(35,36)37/h4-8,12,14,19-20,25-26H,9-11,13,15-18H2,1-3H3,(H,38,43)(H,39,44)/t19-,20+,25?,26?. The van der Waals surface area contributed by atoms with E-state index < -0.39 is 48.6 Å². The second-order valence-electron chi connectivity index (χ2n) is 12.2. The fraction of sp³-hybridized carbons (Fsp3) is 0.500. The van der Waals surface area contributed by atoms with E-state index in [1.807, 2.05) is 31.9 Å². The summed E-state index contributed by atoms with van der Waals surface area (Å²) in [6.07, 6.45) is -3.13. The monoisotopic (exact) mass is 619 g/mol. The minimum Gasteiger partial charge on any atom is -0.367 e. The molecule has 4 atom stereocenters. The number of alkyl halides is 3. The van der Waals surface area contributed by atoms with Crippen molar-refractivity contribution in [3.05, 3.63) is 65.2 Å². The molecule has 3 aliphatic heterocycles. The predicted octanol–water partition coefficient (Wildman–Crippen LogP) is 5.04.